The highest BCUT2D eigenvalue weighted by molar-refractivity contribution is 6.33. The molecule has 0 spiro atoms. The lowest BCUT2D eigenvalue weighted by Gasteiger charge is -2.29. The number of methoxy groups -OCH3 is 1. The van der Waals surface area contributed by atoms with Crippen molar-refractivity contribution >= 4 is 58.9 Å². The molecule has 0 unspecified atom stereocenters. The predicted molar refractivity (Wildman–Crippen MR) is 139 cm³/mol. The summed E-state index contributed by atoms with van der Waals surface area (Å²) in [6, 6.07) is 17.7. The van der Waals surface area contributed by atoms with Crippen LogP contribution in [0.15, 0.2) is 77.9 Å². The number of hydrogen-bond acceptors (Lipinski definition) is 7. The summed E-state index contributed by atoms with van der Waals surface area (Å²) < 4.78 is 5.20. The first kappa shape index (κ1) is 26.0. The maximum atomic E-state index is 12.9. The van der Waals surface area contributed by atoms with Crippen LogP contribution in [0.4, 0.5) is 16.2 Å². The molecule has 1 aliphatic heterocycles. The summed E-state index contributed by atoms with van der Waals surface area (Å²) in [6.45, 7) is 0. The number of para-hydroxylation sites is 2. The quantitative estimate of drug-likeness (QED) is 0.241. The van der Waals surface area contributed by atoms with Crippen LogP contribution in [-0.4, -0.2) is 43.0 Å². The van der Waals surface area contributed by atoms with Gasteiger partial charge in [0.25, 0.3) is 17.7 Å². The van der Waals surface area contributed by atoms with E-state index < -0.39 is 29.7 Å². The minimum Gasteiger partial charge on any atom is -0.495 e. The van der Waals surface area contributed by atoms with Crippen molar-refractivity contribution in [3.05, 3.63) is 88.9 Å². The standard InChI is InChI=1S/C26H20ClN5O6/c1-38-21-5-3-2-4-20(21)32-25(36)19(24(35)30-26(32)37)14-28-31-23(34)16-8-12-18(13-9-16)29-22(33)15-6-10-17(27)11-7-15/h2-14,19H,1H3,(H,29,33)(H,31,34)(H,30,35,37)/b28-14-/t19-/m1/s1. The van der Waals surface area contributed by atoms with Crippen LogP contribution < -0.4 is 25.7 Å². The third kappa shape index (κ3) is 5.68. The number of nitrogens with one attached hydrogen (secondary N) is 3. The van der Waals surface area contributed by atoms with Crippen molar-refractivity contribution in [1.82, 2.24) is 10.7 Å². The van der Waals surface area contributed by atoms with E-state index in [2.05, 4.69) is 21.2 Å². The van der Waals surface area contributed by atoms with Gasteiger partial charge in [-0.1, -0.05) is 23.7 Å². The van der Waals surface area contributed by atoms with Crippen LogP contribution in [0.5, 0.6) is 5.75 Å². The molecule has 0 saturated carbocycles. The lowest BCUT2D eigenvalue weighted by Crippen LogP contribution is -2.58. The number of halogens is 1. The Kier molecular flexibility index (Phi) is 7.78. The first-order valence-corrected chi connectivity index (χ1v) is 11.5. The van der Waals surface area contributed by atoms with E-state index in [1.165, 1.54) is 37.4 Å². The number of hydrazone groups is 1. The zero-order chi connectivity index (χ0) is 27.2. The fraction of sp³-hybridized carbons (Fsp3) is 0.0769. The number of rotatable bonds is 7. The minimum atomic E-state index is -1.47. The number of ether oxygens (including phenoxy) is 1. The fourth-order valence-corrected chi connectivity index (χ4v) is 3.63. The van der Waals surface area contributed by atoms with Crippen LogP contribution in [0, 0.1) is 5.92 Å². The third-order valence-corrected chi connectivity index (χ3v) is 5.68. The van der Waals surface area contributed by atoms with Crippen molar-refractivity contribution in [3.8, 4) is 5.75 Å². The Morgan fingerprint density at radius 1 is 0.947 bits per heavy atom. The number of barbiturate groups is 1. The molecular formula is C26H20ClN5O6. The largest absolute Gasteiger partial charge is 0.495 e. The molecule has 1 fully saturated rings. The zero-order valence-electron chi connectivity index (χ0n) is 19.8. The lowest BCUT2D eigenvalue weighted by atomic mass is 10.1. The average molecular weight is 534 g/mol. The number of carbonyl (C=O) groups is 5. The molecule has 192 valence electrons. The van der Waals surface area contributed by atoms with Gasteiger partial charge >= 0.3 is 6.03 Å². The Balaban J connectivity index is 1.39. The number of anilines is 2. The van der Waals surface area contributed by atoms with Crippen LogP contribution in [0.3, 0.4) is 0 Å². The number of amides is 6. The molecule has 11 nitrogen and oxygen atoms in total. The Bertz CT molecular complexity index is 1440. The molecule has 0 aromatic heterocycles. The summed E-state index contributed by atoms with van der Waals surface area (Å²) in [5.74, 6) is -3.94. The smallest absolute Gasteiger partial charge is 0.335 e. The van der Waals surface area contributed by atoms with Gasteiger partial charge in [-0.3, -0.25) is 24.5 Å². The molecule has 1 aliphatic rings. The van der Waals surface area contributed by atoms with Crippen LogP contribution in [0.2, 0.25) is 5.02 Å². The topological polar surface area (TPSA) is 146 Å². The predicted octanol–water partition coefficient (Wildman–Crippen LogP) is 3.22. The van der Waals surface area contributed by atoms with Gasteiger partial charge in [0, 0.05) is 28.1 Å². The molecule has 3 aromatic rings. The first-order valence-electron chi connectivity index (χ1n) is 11.1. The van der Waals surface area contributed by atoms with Gasteiger partial charge in [-0.2, -0.15) is 5.10 Å². The molecule has 1 heterocycles. The Labute approximate surface area is 221 Å². The van der Waals surface area contributed by atoms with Crippen molar-refractivity contribution in [3.63, 3.8) is 0 Å². The van der Waals surface area contributed by atoms with Crippen molar-refractivity contribution < 1.29 is 28.7 Å². The molecule has 0 aliphatic carbocycles. The second-order valence-electron chi connectivity index (χ2n) is 7.88. The molecule has 12 heteroatoms. The maximum absolute atomic E-state index is 12.9. The Hall–Kier alpha value is -5.03. The van der Waals surface area contributed by atoms with Crippen molar-refractivity contribution in [2.24, 2.45) is 11.0 Å². The second-order valence-corrected chi connectivity index (χ2v) is 8.31. The molecule has 6 amide bonds. The second kappa shape index (κ2) is 11.4. The number of hydrogen-bond donors (Lipinski definition) is 3. The van der Waals surface area contributed by atoms with E-state index in [1.54, 1.807) is 42.5 Å². The summed E-state index contributed by atoms with van der Waals surface area (Å²) in [5.41, 5.74) is 3.46. The summed E-state index contributed by atoms with van der Waals surface area (Å²) in [5, 5.41) is 9.03. The molecule has 38 heavy (non-hydrogen) atoms. The molecule has 0 radical (unpaired) electrons. The summed E-state index contributed by atoms with van der Waals surface area (Å²) in [4.78, 5) is 63.1. The third-order valence-electron chi connectivity index (χ3n) is 5.43. The molecule has 3 aromatic carbocycles. The van der Waals surface area contributed by atoms with E-state index in [-0.39, 0.29) is 22.9 Å². The van der Waals surface area contributed by atoms with Gasteiger partial charge in [-0.25, -0.2) is 15.1 Å². The van der Waals surface area contributed by atoms with Crippen LogP contribution >= 0.6 is 11.6 Å². The monoisotopic (exact) mass is 533 g/mol. The van der Waals surface area contributed by atoms with Crippen molar-refractivity contribution in [2.75, 3.05) is 17.3 Å². The number of benzene rings is 3. The number of imide groups is 2. The van der Waals surface area contributed by atoms with Gasteiger partial charge in [-0.15, -0.1) is 0 Å². The molecule has 0 bridgehead atoms. The van der Waals surface area contributed by atoms with Crippen LogP contribution in [0.1, 0.15) is 20.7 Å². The average Bonchev–Trinajstić information content (AvgIpc) is 2.91. The van der Waals surface area contributed by atoms with Gasteiger partial charge in [0.1, 0.15) is 5.75 Å². The SMILES string of the molecule is COc1ccccc1N1C(=O)NC(=O)[C@@H](/C=N\NC(=O)c2ccc(NC(=O)c3ccc(Cl)cc3)cc2)C1=O. The van der Waals surface area contributed by atoms with Crippen LogP contribution in [-0.2, 0) is 9.59 Å². The Morgan fingerprint density at radius 3 is 2.26 bits per heavy atom. The van der Waals surface area contributed by atoms with Gasteiger partial charge in [0.2, 0.25) is 5.91 Å². The lowest BCUT2D eigenvalue weighted by molar-refractivity contribution is -0.131. The van der Waals surface area contributed by atoms with E-state index in [9.17, 15) is 24.0 Å². The van der Waals surface area contributed by atoms with Crippen LogP contribution in [0.25, 0.3) is 0 Å². The molecule has 1 atom stereocenters. The number of carbonyl (C=O) groups excluding carboxylic acids is 5. The summed E-state index contributed by atoms with van der Waals surface area (Å²) >= 11 is 5.83. The van der Waals surface area contributed by atoms with Gasteiger partial charge in [0.15, 0.2) is 5.92 Å². The number of nitrogens with zero attached hydrogens (tertiary/aromatic N) is 2. The van der Waals surface area contributed by atoms with Gasteiger partial charge in [-0.05, 0) is 60.7 Å². The van der Waals surface area contributed by atoms with E-state index in [0.717, 1.165) is 11.1 Å². The highest BCUT2D eigenvalue weighted by Crippen LogP contribution is 2.30. The summed E-state index contributed by atoms with van der Waals surface area (Å²) in [7, 11) is 1.38. The highest BCUT2D eigenvalue weighted by atomic mass is 35.5. The van der Waals surface area contributed by atoms with Crippen molar-refractivity contribution in [1.29, 1.82) is 0 Å². The van der Waals surface area contributed by atoms with E-state index >= 15 is 0 Å². The first-order chi connectivity index (χ1) is 18.3. The molecular weight excluding hydrogens is 514 g/mol. The fourth-order valence-electron chi connectivity index (χ4n) is 3.51. The maximum Gasteiger partial charge on any atom is 0.335 e. The van der Waals surface area contributed by atoms with Gasteiger partial charge in [0.05, 0.1) is 12.8 Å². The molecule has 1 saturated heterocycles. The minimum absolute atomic E-state index is 0.149. The molecule has 3 N–H and O–H groups in total. The summed E-state index contributed by atoms with van der Waals surface area (Å²) in [6.07, 6.45) is 0.936. The normalized spacial score (nSPS) is 15.3. The van der Waals surface area contributed by atoms with E-state index in [0.29, 0.717) is 16.3 Å². The van der Waals surface area contributed by atoms with Gasteiger partial charge < -0.3 is 10.1 Å². The zero-order valence-corrected chi connectivity index (χ0v) is 20.6. The molecule has 4 rings (SSSR count). The van der Waals surface area contributed by atoms with Crippen molar-refractivity contribution in [2.45, 2.75) is 0 Å². The Morgan fingerprint density at radius 2 is 1.58 bits per heavy atom. The van der Waals surface area contributed by atoms with E-state index in [1.807, 2.05) is 0 Å². The highest BCUT2D eigenvalue weighted by Gasteiger charge is 2.41. The van der Waals surface area contributed by atoms with E-state index in [4.69, 9.17) is 16.3 Å². The number of urea groups is 1.